The van der Waals surface area contributed by atoms with Gasteiger partial charge in [0.05, 0.1) is 36.2 Å². The molecule has 5 heterocycles. The van der Waals surface area contributed by atoms with Gasteiger partial charge in [0.25, 0.3) is 0 Å². The Morgan fingerprint density at radius 3 is 2.52 bits per heavy atom. The highest BCUT2D eigenvalue weighted by atomic mass is 19.1. The first-order valence-electron chi connectivity index (χ1n) is 15.7. The summed E-state index contributed by atoms with van der Waals surface area (Å²) in [5.74, 6) is 0.462. The number of aryl methyl sites for hydroxylation is 1. The maximum absolute atomic E-state index is 14.5. The van der Waals surface area contributed by atoms with Gasteiger partial charge in [-0.05, 0) is 83.4 Å². The highest BCUT2D eigenvalue weighted by molar-refractivity contribution is 5.81. The lowest BCUT2D eigenvalue weighted by atomic mass is 9.92. The van der Waals surface area contributed by atoms with E-state index in [1.54, 1.807) is 6.07 Å². The summed E-state index contributed by atoms with van der Waals surface area (Å²) in [7, 11) is 1.37. The van der Waals surface area contributed by atoms with Crippen molar-refractivity contribution >= 4 is 17.4 Å². The van der Waals surface area contributed by atoms with Crippen molar-refractivity contribution in [3.05, 3.63) is 77.8 Å². The highest BCUT2D eigenvalue weighted by Crippen LogP contribution is 2.39. The average molecular weight is 629 g/mol. The van der Waals surface area contributed by atoms with Gasteiger partial charge in [0.2, 0.25) is 0 Å². The number of hydrogen-bond donors (Lipinski definition) is 0. The molecule has 1 fully saturated rings. The van der Waals surface area contributed by atoms with E-state index in [0.29, 0.717) is 60.2 Å². The SMILES string of the molecule is COC(=O)[C@@H](OC(C)(C)C)c1c(C)nc2cc3nn2c1N1CCC(C)(CC1)OCC=CCOc1ccc(F)cc1-c1cccc-3c1. The van der Waals surface area contributed by atoms with Crippen LogP contribution in [0.5, 0.6) is 5.75 Å². The van der Waals surface area contributed by atoms with E-state index < -0.39 is 17.7 Å². The fourth-order valence-corrected chi connectivity index (χ4v) is 6.11. The third-order valence-electron chi connectivity index (χ3n) is 8.51. The van der Waals surface area contributed by atoms with Gasteiger partial charge in [0.1, 0.15) is 24.0 Å². The van der Waals surface area contributed by atoms with E-state index in [0.717, 1.165) is 29.8 Å². The number of esters is 1. The third-order valence-corrected chi connectivity index (χ3v) is 8.51. The Hall–Kier alpha value is -4.28. The third kappa shape index (κ3) is 6.50. The van der Waals surface area contributed by atoms with Crippen LogP contribution in [-0.2, 0) is 19.0 Å². The van der Waals surface area contributed by atoms with Crippen molar-refractivity contribution in [1.82, 2.24) is 14.6 Å². The lowest BCUT2D eigenvalue weighted by Crippen LogP contribution is -2.45. The molecular weight excluding hydrogens is 587 g/mol. The summed E-state index contributed by atoms with van der Waals surface area (Å²) in [5, 5.41) is 5.08. The standard InChI is InChI=1S/C36H41FN4O5/c1-23-31(32(34(42)43-6)46-35(2,3)4)33-40-16-14-36(5,15-17-40)45-19-8-7-18-44-29-13-12-26(37)21-27(29)24-10-9-11-25(20-24)28-22-30(38-23)41(33)39-28/h7-13,20-22,32H,14-19H2,1-6H3/t32-/m0/s1. The molecule has 9 nitrogen and oxygen atoms in total. The maximum atomic E-state index is 14.5. The Kier molecular flexibility index (Phi) is 8.60. The second-order valence-electron chi connectivity index (χ2n) is 13.1. The summed E-state index contributed by atoms with van der Waals surface area (Å²) in [4.78, 5) is 20.5. The van der Waals surface area contributed by atoms with Gasteiger partial charge in [-0.3, -0.25) is 0 Å². The molecule has 0 unspecified atom stereocenters. The van der Waals surface area contributed by atoms with Crippen LogP contribution < -0.4 is 9.64 Å². The summed E-state index contributed by atoms with van der Waals surface area (Å²) in [6.07, 6.45) is 4.39. The van der Waals surface area contributed by atoms with Gasteiger partial charge in [-0.25, -0.2) is 14.2 Å². The Labute approximate surface area is 268 Å². The number of carbonyl (C=O) groups excluding carboxylic acids is 1. The predicted molar refractivity (Wildman–Crippen MR) is 175 cm³/mol. The number of methoxy groups -OCH3 is 1. The molecule has 0 aliphatic carbocycles. The van der Waals surface area contributed by atoms with Crippen molar-refractivity contribution in [2.45, 2.75) is 64.8 Å². The Morgan fingerprint density at radius 2 is 1.78 bits per heavy atom. The van der Waals surface area contributed by atoms with E-state index in [1.165, 1.54) is 19.2 Å². The molecule has 0 amide bonds. The van der Waals surface area contributed by atoms with Crippen LogP contribution in [0.3, 0.4) is 0 Å². The number of rotatable bonds is 3. The van der Waals surface area contributed by atoms with Gasteiger partial charge in [0.15, 0.2) is 11.8 Å². The van der Waals surface area contributed by atoms with Crippen LogP contribution in [0.1, 0.15) is 57.9 Å². The van der Waals surface area contributed by atoms with Crippen molar-refractivity contribution in [2.75, 3.05) is 38.3 Å². The summed E-state index contributed by atoms with van der Waals surface area (Å²) in [6.45, 7) is 11.9. The predicted octanol–water partition coefficient (Wildman–Crippen LogP) is 6.86. The fraction of sp³-hybridized carbons (Fsp3) is 0.417. The van der Waals surface area contributed by atoms with Crippen molar-refractivity contribution in [1.29, 1.82) is 0 Å². The normalized spacial score (nSPS) is 17.2. The number of anilines is 1. The zero-order valence-electron chi connectivity index (χ0n) is 27.3. The van der Waals surface area contributed by atoms with E-state index >= 15 is 0 Å². The molecule has 4 aromatic rings. The van der Waals surface area contributed by atoms with Gasteiger partial charge in [-0.15, -0.1) is 0 Å². The molecule has 2 aromatic heterocycles. The number of piperidine rings is 1. The highest BCUT2D eigenvalue weighted by Gasteiger charge is 2.38. The molecule has 0 radical (unpaired) electrons. The Morgan fingerprint density at radius 1 is 1.04 bits per heavy atom. The van der Waals surface area contributed by atoms with E-state index in [2.05, 4.69) is 11.8 Å². The number of fused-ring (bicyclic) bond motifs is 6. The van der Waals surface area contributed by atoms with Crippen LogP contribution in [0, 0.1) is 12.7 Å². The van der Waals surface area contributed by atoms with Crippen LogP contribution in [0.4, 0.5) is 10.2 Å². The van der Waals surface area contributed by atoms with E-state index in [-0.39, 0.29) is 11.4 Å². The zero-order chi connectivity index (χ0) is 32.6. The quantitative estimate of drug-likeness (QED) is 0.180. The minimum atomic E-state index is -1.02. The second kappa shape index (κ2) is 12.5. The van der Waals surface area contributed by atoms with Crippen LogP contribution in [0.15, 0.2) is 60.7 Å². The van der Waals surface area contributed by atoms with E-state index in [9.17, 15) is 9.18 Å². The molecule has 1 atom stereocenters. The van der Waals surface area contributed by atoms with Crippen LogP contribution in [0.25, 0.3) is 28.0 Å². The van der Waals surface area contributed by atoms with Crippen molar-refractivity contribution < 1.29 is 28.1 Å². The number of hydrogen-bond acceptors (Lipinski definition) is 8. The number of halogens is 1. The van der Waals surface area contributed by atoms with Crippen LogP contribution in [-0.4, -0.2) is 65.2 Å². The van der Waals surface area contributed by atoms with Crippen molar-refractivity contribution in [2.24, 2.45) is 0 Å². The second-order valence-corrected chi connectivity index (χ2v) is 13.1. The molecule has 1 saturated heterocycles. The molecule has 6 bridgehead atoms. The smallest absolute Gasteiger partial charge is 0.339 e. The molecule has 0 N–H and O–H groups in total. The van der Waals surface area contributed by atoms with Gasteiger partial charge in [0, 0.05) is 36.0 Å². The Balaban J connectivity index is 1.56. The lowest BCUT2D eigenvalue weighted by Gasteiger charge is -2.41. The van der Waals surface area contributed by atoms with Gasteiger partial charge < -0.3 is 23.8 Å². The first-order chi connectivity index (χ1) is 21.9. The number of ether oxygens (including phenoxy) is 4. The average Bonchev–Trinajstić information content (AvgIpc) is 3.44. The summed E-state index contributed by atoms with van der Waals surface area (Å²) < 4.78 is 40.4. The Bertz CT molecular complexity index is 1790. The first kappa shape index (κ1) is 31.7. The summed E-state index contributed by atoms with van der Waals surface area (Å²) in [6, 6.07) is 14.3. The van der Waals surface area contributed by atoms with Crippen molar-refractivity contribution in [3.63, 3.8) is 0 Å². The topological polar surface area (TPSA) is 87.4 Å². The monoisotopic (exact) mass is 628 g/mol. The fourth-order valence-electron chi connectivity index (χ4n) is 6.11. The molecule has 242 valence electrons. The van der Waals surface area contributed by atoms with Gasteiger partial charge >= 0.3 is 5.97 Å². The number of aromatic nitrogens is 3. The summed E-state index contributed by atoms with van der Waals surface area (Å²) in [5.41, 5.74) is 3.88. The molecule has 2 aromatic carbocycles. The van der Waals surface area contributed by atoms with Gasteiger partial charge in [-0.1, -0.05) is 24.3 Å². The zero-order valence-corrected chi connectivity index (χ0v) is 27.3. The molecule has 46 heavy (non-hydrogen) atoms. The molecule has 7 rings (SSSR count). The molecule has 3 aliphatic rings. The first-order valence-corrected chi connectivity index (χ1v) is 15.7. The molecule has 0 saturated carbocycles. The number of nitrogens with zero attached hydrogens (tertiary/aromatic N) is 4. The van der Waals surface area contributed by atoms with Crippen LogP contribution >= 0.6 is 0 Å². The number of benzene rings is 2. The lowest BCUT2D eigenvalue weighted by molar-refractivity contribution is -0.164. The maximum Gasteiger partial charge on any atom is 0.339 e. The molecule has 0 spiro atoms. The van der Waals surface area contributed by atoms with E-state index in [4.69, 9.17) is 29.0 Å². The molecular formula is C36H41FN4O5. The molecule has 10 heteroatoms. The minimum absolute atomic E-state index is 0.326. The largest absolute Gasteiger partial charge is 0.489 e. The van der Waals surface area contributed by atoms with Gasteiger partial charge in [-0.2, -0.15) is 9.61 Å². The number of carbonyl (C=O) groups is 1. The summed E-state index contributed by atoms with van der Waals surface area (Å²) >= 11 is 0. The van der Waals surface area contributed by atoms with E-state index in [1.807, 2.05) is 74.7 Å². The molecule has 3 aliphatic heterocycles. The van der Waals surface area contributed by atoms with Crippen molar-refractivity contribution in [3.8, 4) is 28.1 Å². The van der Waals surface area contributed by atoms with Crippen LogP contribution in [0.2, 0.25) is 0 Å². The minimum Gasteiger partial charge on any atom is -0.489 e.